The molecule has 5 rings (SSSR count). The van der Waals surface area contributed by atoms with Gasteiger partial charge in [-0.25, -0.2) is 31.1 Å². The molecular formula is C48H82FN16O5S3+. The molecule has 408 valence electrons. The Labute approximate surface area is 440 Å². The predicted octanol–water partition coefficient (Wildman–Crippen LogP) is 4.10. The van der Waals surface area contributed by atoms with Crippen LogP contribution < -0.4 is 42.2 Å². The van der Waals surface area contributed by atoms with Gasteiger partial charge in [-0.2, -0.15) is 0 Å². The van der Waals surface area contributed by atoms with Crippen molar-refractivity contribution in [1.82, 2.24) is 29.2 Å². The fourth-order valence-electron chi connectivity index (χ4n) is 7.42. The third-order valence-corrected chi connectivity index (χ3v) is 14.8. The van der Waals surface area contributed by atoms with Crippen LogP contribution in [0, 0.1) is 5.82 Å². The lowest BCUT2D eigenvalue weighted by molar-refractivity contribution is -0.657. The van der Waals surface area contributed by atoms with Gasteiger partial charge in [0.25, 0.3) is 10.1 Å². The fourth-order valence-corrected chi connectivity index (χ4v) is 10.4. The average Bonchev–Trinajstić information content (AvgIpc) is 4.11. The number of unbranched alkanes of at least 4 members (excludes halogenated alkanes) is 3. The number of rotatable bonds is 32. The van der Waals surface area contributed by atoms with Gasteiger partial charge in [-0.15, -0.1) is 0 Å². The van der Waals surface area contributed by atoms with Crippen LogP contribution in [-0.2, 0) is 47.4 Å². The molecule has 0 bridgehead atoms. The van der Waals surface area contributed by atoms with Crippen molar-refractivity contribution in [2.75, 3.05) is 109 Å². The second-order valence-corrected chi connectivity index (χ2v) is 22.0. The van der Waals surface area contributed by atoms with Crippen LogP contribution in [0.25, 0.3) is 0 Å². The Morgan fingerprint density at radius 2 is 1.26 bits per heavy atom. The fraction of sp³-hybridized carbons (Fsp3) is 0.604. The van der Waals surface area contributed by atoms with Crippen LogP contribution in [0.3, 0.4) is 0 Å². The average molecular weight is 1080 g/mol. The second-order valence-electron chi connectivity index (χ2n) is 17.6. The van der Waals surface area contributed by atoms with E-state index >= 15 is 0 Å². The van der Waals surface area contributed by atoms with Gasteiger partial charge in [-0.3, -0.25) is 14.6 Å². The molecule has 21 nitrogen and oxygen atoms in total. The molecule has 2 aromatic heterocycles. The summed E-state index contributed by atoms with van der Waals surface area (Å²) >= 11 is 0. The zero-order chi connectivity index (χ0) is 53.3. The van der Waals surface area contributed by atoms with Crippen molar-refractivity contribution in [2.24, 2.45) is 65.8 Å². The first-order chi connectivity index (χ1) is 35.1. The van der Waals surface area contributed by atoms with E-state index in [-0.39, 0.29) is 11.7 Å². The third-order valence-electron chi connectivity index (χ3n) is 11.6. The molecule has 1 fully saturated rings. The zero-order valence-corrected chi connectivity index (χ0v) is 46.0. The van der Waals surface area contributed by atoms with Crippen molar-refractivity contribution in [3.63, 3.8) is 0 Å². The lowest BCUT2D eigenvalue weighted by Crippen LogP contribution is -2.45. The van der Waals surface area contributed by atoms with Crippen LogP contribution >= 0.6 is 21.6 Å². The highest BCUT2D eigenvalue weighted by Crippen LogP contribution is 2.39. The summed E-state index contributed by atoms with van der Waals surface area (Å²) in [4.78, 5) is 19.9. The van der Waals surface area contributed by atoms with Crippen LogP contribution in [0.1, 0.15) is 51.4 Å². The maximum absolute atomic E-state index is 12.6. The van der Waals surface area contributed by atoms with Gasteiger partial charge in [0.1, 0.15) is 17.2 Å². The normalized spacial score (nSPS) is 13.8. The van der Waals surface area contributed by atoms with E-state index in [4.69, 9.17) is 22.5 Å². The van der Waals surface area contributed by atoms with E-state index in [9.17, 15) is 17.6 Å². The molecule has 0 aliphatic carbocycles. The van der Waals surface area contributed by atoms with E-state index in [0.717, 1.165) is 133 Å². The topological polar surface area (TPSA) is 262 Å². The summed E-state index contributed by atoms with van der Waals surface area (Å²) in [5, 5.41) is 33.3. The largest absolute Gasteiger partial charge is 0.707 e. The molecule has 0 radical (unpaired) electrons. The zero-order valence-electron chi connectivity index (χ0n) is 43.6. The lowest BCUT2D eigenvalue weighted by atomic mass is 10.1. The number of carbonyl (C=O) groups excluding carboxylic acids is 1. The van der Waals surface area contributed by atoms with Gasteiger partial charge in [-0.1, -0.05) is 44.7 Å². The third kappa shape index (κ3) is 27.6. The minimum absolute atomic E-state index is 0.164. The van der Waals surface area contributed by atoms with Gasteiger partial charge in [0.05, 0.1) is 59.2 Å². The van der Waals surface area contributed by atoms with Crippen LogP contribution in [0.4, 0.5) is 33.3 Å². The molecule has 73 heavy (non-hydrogen) atoms. The highest BCUT2D eigenvalue weighted by atomic mass is 33.1. The standard InChI is InChI=1S/C36H66N12OS2.C11H12FN4.CH4O4S/c1-44-25-26-45(2)36(44)43-42-33-12-10-32(11-13-33)40-18-23-48(29-27-46(21-16-38)20-7-3-6-15-37)30-28-47(22-17-39)24-19-41-35(49)9-5-4-8-34-14-31-50-51-34;1-15-7-8-16(2)11(15)14-13-10-5-3-9(12)4-6-10;1-6(3,4)5-2/h10-13,25-26,34H,3-9,14-24,27-31,37-39H2,1-2H3,(H,41,49);3-8H,1-2H3;2H,1H3/q;+1;. The molecule has 25 heteroatoms. The number of nitrogens with zero attached hydrogens (tertiary/aromatic N) is 11. The van der Waals surface area contributed by atoms with Crippen LogP contribution in [0.5, 0.6) is 0 Å². The molecule has 1 aliphatic rings. The van der Waals surface area contributed by atoms with Gasteiger partial charge in [-0.05, 0) is 93.7 Å². The Morgan fingerprint density at radius 3 is 1.74 bits per heavy atom. The van der Waals surface area contributed by atoms with E-state index < -0.39 is 10.1 Å². The Kier molecular flexibility index (Phi) is 31.5. The molecule has 2 aromatic carbocycles. The number of hydrogen-bond donors (Lipinski definition) is 5. The quantitative estimate of drug-likeness (QED) is 0.0115. The molecule has 1 saturated heterocycles. The number of carbonyl (C=O) groups is 1. The van der Waals surface area contributed by atoms with E-state index in [0.29, 0.717) is 38.0 Å². The van der Waals surface area contributed by atoms with E-state index in [1.54, 1.807) is 12.1 Å². The lowest BCUT2D eigenvalue weighted by Gasteiger charge is -2.30. The summed E-state index contributed by atoms with van der Waals surface area (Å²) in [5.74, 6) is 2.67. The SMILES string of the molecule is CS(=O)(=O)O[O-].Cn1cc[n+](C)c1N=Nc1ccc(F)cc1.Cn1cc[n+](C)c1N=Nc1ccc(NCCN(CCN(CCN)CCCCCN)CCN(CCN)CCNC(=O)CCCCC2CCSS2)cc1. The first kappa shape index (κ1) is 62.9. The second kappa shape index (κ2) is 36.5. The highest BCUT2D eigenvalue weighted by Gasteiger charge is 2.17. The van der Waals surface area contributed by atoms with Crippen molar-refractivity contribution in [2.45, 2.75) is 56.6 Å². The summed E-state index contributed by atoms with van der Waals surface area (Å²) < 4.78 is 41.8. The van der Waals surface area contributed by atoms with Crippen LogP contribution in [-0.4, -0.2) is 147 Å². The Hall–Kier alpha value is -4.41. The van der Waals surface area contributed by atoms with Gasteiger partial charge in [0.15, 0.2) is 0 Å². The van der Waals surface area contributed by atoms with Crippen LogP contribution in [0.15, 0.2) is 93.8 Å². The van der Waals surface area contributed by atoms with Crippen molar-refractivity contribution in [3.05, 3.63) is 79.1 Å². The summed E-state index contributed by atoms with van der Waals surface area (Å²) in [7, 11) is 7.98. The number of imidazole rings is 2. The van der Waals surface area contributed by atoms with E-state index in [1.807, 2.05) is 105 Å². The monoisotopic (exact) mass is 1080 g/mol. The number of anilines is 1. The smallest absolute Gasteiger partial charge is 0.421 e. The van der Waals surface area contributed by atoms with Gasteiger partial charge in [0.2, 0.25) is 5.91 Å². The first-order valence-electron chi connectivity index (χ1n) is 24.9. The number of nitrogens with one attached hydrogen (secondary N) is 2. The molecule has 1 atom stereocenters. The molecular weight excluding hydrogens is 996 g/mol. The van der Waals surface area contributed by atoms with Crippen molar-refractivity contribution in [3.8, 4) is 0 Å². The number of aromatic nitrogens is 4. The summed E-state index contributed by atoms with van der Waals surface area (Å²) in [5.41, 5.74) is 20.2. The summed E-state index contributed by atoms with van der Waals surface area (Å²) in [6.07, 6.45) is 17.0. The Morgan fingerprint density at radius 1 is 0.740 bits per heavy atom. The molecule has 0 spiro atoms. The number of halogens is 1. The number of aryl methyl sites for hydroxylation is 4. The van der Waals surface area contributed by atoms with Gasteiger partial charge >= 0.3 is 11.9 Å². The minimum Gasteiger partial charge on any atom is -0.707 e. The maximum Gasteiger partial charge on any atom is 0.421 e. The van der Waals surface area contributed by atoms with Gasteiger partial charge < -0.3 is 42.3 Å². The number of benzene rings is 2. The molecule has 4 aromatic rings. The molecule has 8 N–H and O–H groups in total. The minimum atomic E-state index is -3.72. The Balaban J connectivity index is 0.000000522. The first-order valence-corrected chi connectivity index (χ1v) is 29.1. The van der Waals surface area contributed by atoms with E-state index in [2.05, 4.69) is 62.3 Å². The van der Waals surface area contributed by atoms with Crippen molar-refractivity contribution < 1.29 is 36.3 Å². The maximum atomic E-state index is 12.6. The predicted molar refractivity (Wildman–Crippen MR) is 289 cm³/mol. The molecule has 1 unspecified atom stereocenters. The summed E-state index contributed by atoms with van der Waals surface area (Å²) in [6, 6.07) is 14.0. The van der Waals surface area contributed by atoms with Gasteiger partial charge in [0, 0.05) is 112 Å². The van der Waals surface area contributed by atoms with Crippen LogP contribution in [0.2, 0.25) is 0 Å². The Bertz CT molecular complexity index is 2240. The molecule has 0 saturated carbocycles. The number of hydrogen-bond acceptors (Lipinski definition) is 18. The number of azo groups is 2. The summed E-state index contributed by atoms with van der Waals surface area (Å²) in [6.45, 7) is 11.7. The van der Waals surface area contributed by atoms with E-state index in [1.165, 1.54) is 30.7 Å². The number of nitrogens with two attached hydrogens (primary N) is 3. The van der Waals surface area contributed by atoms with Crippen molar-refractivity contribution in [1.29, 1.82) is 0 Å². The molecule has 1 aliphatic heterocycles. The molecule has 3 heterocycles. The highest BCUT2D eigenvalue weighted by molar-refractivity contribution is 8.77. The number of amides is 1. The molecule has 1 amide bonds. The van der Waals surface area contributed by atoms with Crippen molar-refractivity contribution >= 4 is 66.6 Å².